The summed E-state index contributed by atoms with van der Waals surface area (Å²) in [6.07, 6.45) is 3.78. The number of para-hydroxylation sites is 1. The summed E-state index contributed by atoms with van der Waals surface area (Å²) in [7, 11) is 0. The predicted octanol–water partition coefficient (Wildman–Crippen LogP) is 1.95. The number of amides is 2. The first-order chi connectivity index (χ1) is 10.7. The highest BCUT2D eigenvalue weighted by Gasteiger charge is 2.30. The fraction of sp³-hybridized carbons (Fsp3) is 0.529. The van der Waals surface area contributed by atoms with Gasteiger partial charge in [0.2, 0.25) is 11.8 Å². The van der Waals surface area contributed by atoms with Gasteiger partial charge < -0.3 is 16.0 Å². The zero-order valence-corrected chi connectivity index (χ0v) is 14.0. The maximum absolute atomic E-state index is 12.3. The van der Waals surface area contributed by atoms with Crippen molar-refractivity contribution in [2.45, 2.75) is 38.1 Å². The number of benzene rings is 1. The van der Waals surface area contributed by atoms with Gasteiger partial charge in [-0.25, -0.2) is 0 Å². The molecule has 1 saturated heterocycles. The van der Waals surface area contributed by atoms with Crippen LogP contribution in [0.2, 0.25) is 0 Å². The van der Waals surface area contributed by atoms with E-state index < -0.39 is 0 Å². The summed E-state index contributed by atoms with van der Waals surface area (Å²) in [6.45, 7) is 1.34. The number of anilines is 1. The molecule has 2 atom stereocenters. The number of hydrogen-bond donors (Lipinski definition) is 2. The van der Waals surface area contributed by atoms with E-state index in [1.165, 1.54) is 0 Å². The molecule has 2 aliphatic heterocycles. The van der Waals surface area contributed by atoms with E-state index >= 15 is 0 Å². The third kappa shape index (κ3) is 3.85. The van der Waals surface area contributed by atoms with Gasteiger partial charge in [0.1, 0.15) is 0 Å². The lowest BCUT2D eigenvalue weighted by Gasteiger charge is -2.27. The van der Waals surface area contributed by atoms with Gasteiger partial charge in [-0.05, 0) is 37.3 Å². The molecule has 6 heteroatoms. The van der Waals surface area contributed by atoms with E-state index in [0.29, 0.717) is 19.4 Å². The summed E-state index contributed by atoms with van der Waals surface area (Å²) < 4.78 is 0. The molecule has 0 saturated carbocycles. The SMILES string of the molecule is Cl.NCC1CCCN1C(=O)CCC1Cc2ccccc2NC1=O. The highest BCUT2D eigenvalue weighted by Crippen LogP contribution is 2.28. The molecule has 2 aliphatic rings. The summed E-state index contributed by atoms with van der Waals surface area (Å²) in [5, 5.41) is 2.94. The first kappa shape index (κ1) is 17.8. The van der Waals surface area contributed by atoms with Crippen molar-refractivity contribution in [2.24, 2.45) is 11.7 Å². The lowest BCUT2D eigenvalue weighted by molar-refractivity contribution is -0.132. The Morgan fingerprint density at radius 1 is 1.35 bits per heavy atom. The Hall–Kier alpha value is -1.59. The van der Waals surface area contributed by atoms with Gasteiger partial charge >= 0.3 is 0 Å². The molecule has 0 aliphatic carbocycles. The fourth-order valence-corrected chi connectivity index (χ4v) is 3.50. The molecule has 3 N–H and O–H groups in total. The number of likely N-dealkylation sites (tertiary alicyclic amines) is 1. The van der Waals surface area contributed by atoms with Crippen LogP contribution in [0.4, 0.5) is 5.69 Å². The number of rotatable bonds is 4. The molecule has 0 spiro atoms. The van der Waals surface area contributed by atoms with Gasteiger partial charge in [-0.3, -0.25) is 9.59 Å². The normalized spacial score (nSPS) is 23.0. The van der Waals surface area contributed by atoms with Crippen LogP contribution in [-0.2, 0) is 16.0 Å². The minimum absolute atomic E-state index is 0. The van der Waals surface area contributed by atoms with E-state index in [9.17, 15) is 9.59 Å². The molecule has 0 radical (unpaired) electrons. The van der Waals surface area contributed by atoms with Gasteiger partial charge in [0, 0.05) is 37.2 Å². The summed E-state index contributed by atoms with van der Waals surface area (Å²) in [5.74, 6) is 0.0562. The minimum Gasteiger partial charge on any atom is -0.338 e. The Morgan fingerprint density at radius 2 is 2.13 bits per heavy atom. The van der Waals surface area contributed by atoms with Crippen LogP contribution in [0.25, 0.3) is 0 Å². The topological polar surface area (TPSA) is 75.4 Å². The zero-order chi connectivity index (χ0) is 15.5. The van der Waals surface area contributed by atoms with E-state index in [1.54, 1.807) is 0 Å². The second-order valence-electron chi connectivity index (χ2n) is 6.21. The minimum atomic E-state index is -0.113. The summed E-state index contributed by atoms with van der Waals surface area (Å²) in [6, 6.07) is 8.05. The molecule has 1 aromatic carbocycles. The molecule has 0 bridgehead atoms. The van der Waals surface area contributed by atoms with Gasteiger partial charge in [0.05, 0.1) is 0 Å². The number of nitrogens with zero attached hydrogens (tertiary/aromatic N) is 1. The first-order valence-electron chi connectivity index (χ1n) is 8.07. The highest BCUT2D eigenvalue weighted by molar-refractivity contribution is 5.96. The molecule has 126 valence electrons. The molecule has 0 aromatic heterocycles. The van der Waals surface area contributed by atoms with Crippen LogP contribution < -0.4 is 11.1 Å². The number of nitrogens with one attached hydrogen (secondary N) is 1. The number of hydrogen-bond acceptors (Lipinski definition) is 3. The predicted molar refractivity (Wildman–Crippen MR) is 92.5 cm³/mol. The summed E-state index contributed by atoms with van der Waals surface area (Å²) in [5.41, 5.74) is 7.77. The van der Waals surface area contributed by atoms with Crippen LogP contribution in [0.1, 0.15) is 31.2 Å². The number of carbonyl (C=O) groups excluding carboxylic acids is 2. The van der Waals surface area contributed by atoms with Gasteiger partial charge in [-0.2, -0.15) is 0 Å². The molecule has 2 unspecified atom stereocenters. The monoisotopic (exact) mass is 337 g/mol. The van der Waals surface area contributed by atoms with Crippen molar-refractivity contribution in [3.05, 3.63) is 29.8 Å². The Labute approximate surface area is 143 Å². The average molecular weight is 338 g/mol. The van der Waals surface area contributed by atoms with Gasteiger partial charge in [0.25, 0.3) is 0 Å². The van der Waals surface area contributed by atoms with Crippen molar-refractivity contribution in [3.8, 4) is 0 Å². The van der Waals surface area contributed by atoms with E-state index in [4.69, 9.17) is 5.73 Å². The van der Waals surface area contributed by atoms with Crippen LogP contribution >= 0.6 is 12.4 Å². The number of halogens is 1. The lowest BCUT2D eigenvalue weighted by atomic mass is 9.89. The van der Waals surface area contributed by atoms with Gasteiger partial charge in [-0.1, -0.05) is 18.2 Å². The zero-order valence-electron chi connectivity index (χ0n) is 13.2. The Bertz CT molecular complexity index is 579. The highest BCUT2D eigenvalue weighted by atomic mass is 35.5. The molecule has 2 amide bonds. The second-order valence-corrected chi connectivity index (χ2v) is 6.21. The maximum Gasteiger partial charge on any atom is 0.227 e. The van der Waals surface area contributed by atoms with Crippen molar-refractivity contribution in [3.63, 3.8) is 0 Å². The molecule has 3 rings (SSSR count). The lowest BCUT2D eigenvalue weighted by Crippen LogP contribution is -2.40. The molecule has 23 heavy (non-hydrogen) atoms. The van der Waals surface area contributed by atoms with Gasteiger partial charge in [0.15, 0.2) is 0 Å². The van der Waals surface area contributed by atoms with Crippen LogP contribution in [0.5, 0.6) is 0 Å². The van der Waals surface area contributed by atoms with Crippen LogP contribution in [0.15, 0.2) is 24.3 Å². The van der Waals surface area contributed by atoms with Crippen molar-refractivity contribution in [1.82, 2.24) is 4.90 Å². The summed E-state index contributed by atoms with van der Waals surface area (Å²) in [4.78, 5) is 26.4. The van der Waals surface area contributed by atoms with E-state index in [2.05, 4.69) is 5.32 Å². The fourth-order valence-electron chi connectivity index (χ4n) is 3.50. The molecule has 2 heterocycles. The Kier molecular flexibility index (Phi) is 6.02. The van der Waals surface area contributed by atoms with Crippen LogP contribution in [0.3, 0.4) is 0 Å². The molecule has 5 nitrogen and oxygen atoms in total. The van der Waals surface area contributed by atoms with Crippen molar-refractivity contribution < 1.29 is 9.59 Å². The average Bonchev–Trinajstić information content (AvgIpc) is 3.01. The second kappa shape index (κ2) is 7.79. The standard InChI is InChI=1S/C17H23N3O2.ClH/c18-11-14-5-3-9-20(14)16(21)8-7-13-10-12-4-1-2-6-15(12)19-17(13)22;/h1-2,4,6,13-14H,3,5,7-11,18H2,(H,19,22);1H. The summed E-state index contributed by atoms with van der Waals surface area (Å²) >= 11 is 0. The number of fused-ring (bicyclic) bond motifs is 1. The Balaban J connectivity index is 0.00000192. The first-order valence-corrected chi connectivity index (χ1v) is 8.07. The van der Waals surface area contributed by atoms with Crippen LogP contribution in [0, 0.1) is 5.92 Å². The number of carbonyl (C=O) groups is 2. The van der Waals surface area contributed by atoms with E-state index in [1.807, 2.05) is 29.2 Å². The molecule has 1 aromatic rings. The Morgan fingerprint density at radius 3 is 2.91 bits per heavy atom. The third-order valence-corrected chi connectivity index (χ3v) is 4.79. The van der Waals surface area contributed by atoms with Crippen molar-refractivity contribution >= 4 is 29.9 Å². The third-order valence-electron chi connectivity index (χ3n) is 4.79. The van der Waals surface area contributed by atoms with Gasteiger partial charge in [-0.15, -0.1) is 12.4 Å². The molecular formula is C17H24ClN3O2. The largest absolute Gasteiger partial charge is 0.338 e. The van der Waals surface area contributed by atoms with E-state index in [-0.39, 0.29) is 36.2 Å². The smallest absolute Gasteiger partial charge is 0.227 e. The molecular weight excluding hydrogens is 314 g/mol. The number of nitrogens with two attached hydrogens (primary N) is 1. The molecule has 1 fully saturated rings. The maximum atomic E-state index is 12.3. The van der Waals surface area contributed by atoms with Crippen molar-refractivity contribution in [1.29, 1.82) is 0 Å². The van der Waals surface area contributed by atoms with Crippen LogP contribution in [-0.4, -0.2) is 35.8 Å². The quantitative estimate of drug-likeness (QED) is 0.881. The van der Waals surface area contributed by atoms with Crippen molar-refractivity contribution in [2.75, 3.05) is 18.4 Å². The van der Waals surface area contributed by atoms with E-state index in [0.717, 1.165) is 37.1 Å².